The van der Waals surface area contributed by atoms with Gasteiger partial charge >= 0.3 is 0 Å². The average molecular weight is 583 g/mol. The molecule has 0 aliphatic heterocycles. The van der Waals surface area contributed by atoms with Gasteiger partial charge in [-0.25, -0.2) is 0 Å². The van der Waals surface area contributed by atoms with Crippen LogP contribution < -0.4 is 0 Å². The van der Waals surface area contributed by atoms with Gasteiger partial charge in [-0.2, -0.15) is 0 Å². The van der Waals surface area contributed by atoms with Crippen LogP contribution in [0.4, 0.5) is 0 Å². The van der Waals surface area contributed by atoms with Gasteiger partial charge in [0.25, 0.3) is 0 Å². The van der Waals surface area contributed by atoms with E-state index >= 15 is 0 Å². The van der Waals surface area contributed by atoms with Crippen LogP contribution in [0.15, 0.2) is 165 Å². The molecule has 0 spiro atoms. The smallest absolute Gasteiger partial charge is 0.0686 e. The Morgan fingerprint density at radius 2 is 0.467 bits per heavy atom. The van der Waals surface area contributed by atoms with Gasteiger partial charge in [0, 0.05) is 37.2 Å². The van der Waals surface area contributed by atoms with E-state index in [-0.39, 0.29) is 17.8 Å². The monoisotopic (exact) mass is 582 g/mol. The Labute approximate surface area is 262 Å². The minimum atomic E-state index is -0.215. The number of rotatable bonds is 9. The zero-order chi connectivity index (χ0) is 30.3. The summed E-state index contributed by atoms with van der Waals surface area (Å²) in [5, 5.41) is 0. The molecule has 6 heterocycles. The molecular formula is C39H30N6. The molecule has 0 saturated heterocycles. The van der Waals surface area contributed by atoms with Gasteiger partial charge in [0.05, 0.1) is 51.9 Å². The summed E-state index contributed by atoms with van der Waals surface area (Å²) in [4.78, 5) is 28.9. The maximum Gasteiger partial charge on any atom is 0.0686 e. The van der Waals surface area contributed by atoms with Crippen LogP contribution in [0.5, 0.6) is 0 Å². The van der Waals surface area contributed by atoms with Gasteiger partial charge in [0.1, 0.15) is 0 Å². The van der Waals surface area contributed by atoms with E-state index in [0.717, 1.165) is 50.9 Å². The van der Waals surface area contributed by atoms with Crippen LogP contribution >= 0.6 is 0 Å². The van der Waals surface area contributed by atoms with E-state index in [2.05, 4.69) is 54.6 Å². The summed E-state index contributed by atoms with van der Waals surface area (Å²) >= 11 is 0. The average Bonchev–Trinajstić information content (AvgIpc) is 3.12. The Morgan fingerprint density at radius 1 is 0.267 bits per heavy atom. The first-order valence-electron chi connectivity index (χ1n) is 15.0. The van der Waals surface area contributed by atoms with Crippen molar-refractivity contribution in [3.63, 3.8) is 0 Å². The minimum Gasteiger partial charge on any atom is -0.260 e. The SMILES string of the molecule is c1ccc(C(c2cc(C(c3ccccn3)c3ccccn3)cc(C(c3ccccn3)c3ccccn3)c2)c2ccccn2)nc1. The first-order chi connectivity index (χ1) is 22.3. The van der Waals surface area contributed by atoms with E-state index in [1.807, 2.05) is 110 Å². The maximum atomic E-state index is 4.82. The molecule has 216 valence electrons. The standard InChI is InChI=1S/C39H30N6/c1-7-19-40-31(13-1)37(32-14-2-8-20-41-32)28-25-29(38(33-15-3-9-21-42-33)34-16-4-10-22-43-34)27-30(26-28)39(35-17-5-11-23-44-35)36-18-6-12-24-45-36/h1-27,37-39H. The van der Waals surface area contributed by atoms with Crippen molar-refractivity contribution in [3.8, 4) is 0 Å². The Hall–Kier alpha value is -5.88. The molecule has 7 aromatic rings. The van der Waals surface area contributed by atoms with E-state index in [0.29, 0.717) is 0 Å². The normalized spacial score (nSPS) is 11.3. The summed E-state index contributed by atoms with van der Waals surface area (Å²) in [5.41, 5.74) is 8.68. The van der Waals surface area contributed by atoms with Gasteiger partial charge < -0.3 is 0 Å². The molecule has 0 fully saturated rings. The molecule has 0 N–H and O–H groups in total. The van der Waals surface area contributed by atoms with Crippen LogP contribution in [0.1, 0.15) is 68.6 Å². The molecule has 0 atom stereocenters. The number of hydrogen-bond donors (Lipinski definition) is 0. The van der Waals surface area contributed by atoms with E-state index in [9.17, 15) is 0 Å². The molecule has 1 aromatic carbocycles. The van der Waals surface area contributed by atoms with Crippen molar-refractivity contribution in [2.45, 2.75) is 17.8 Å². The van der Waals surface area contributed by atoms with Crippen molar-refractivity contribution in [2.24, 2.45) is 0 Å². The minimum absolute atomic E-state index is 0.215. The molecule has 0 aliphatic rings. The second-order valence-corrected chi connectivity index (χ2v) is 10.8. The van der Waals surface area contributed by atoms with Crippen LogP contribution in [-0.4, -0.2) is 29.9 Å². The van der Waals surface area contributed by atoms with E-state index < -0.39 is 0 Å². The number of aromatic nitrogens is 6. The zero-order valence-electron chi connectivity index (χ0n) is 24.5. The lowest BCUT2D eigenvalue weighted by atomic mass is 9.81. The third-order valence-corrected chi connectivity index (χ3v) is 7.90. The second kappa shape index (κ2) is 13.2. The molecule has 0 amide bonds. The highest BCUT2D eigenvalue weighted by Crippen LogP contribution is 2.39. The van der Waals surface area contributed by atoms with Gasteiger partial charge in [-0.3, -0.25) is 29.9 Å². The Balaban J connectivity index is 1.52. The second-order valence-electron chi connectivity index (χ2n) is 10.8. The number of pyridine rings is 6. The molecule has 6 aromatic heterocycles. The first-order valence-corrected chi connectivity index (χ1v) is 15.0. The quantitative estimate of drug-likeness (QED) is 0.174. The summed E-state index contributed by atoms with van der Waals surface area (Å²) in [6.45, 7) is 0. The molecule has 7 rings (SSSR count). The van der Waals surface area contributed by atoms with Crippen molar-refractivity contribution < 1.29 is 0 Å². The molecule has 6 nitrogen and oxygen atoms in total. The predicted molar refractivity (Wildman–Crippen MR) is 175 cm³/mol. The van der Waals surface area contributed by atoms with E-state index in [4.69, 9.17) is 29.9 Å². The van der Waals surface area contributed by atoms with Crippen LogP contribution in [-0.2, 0) is 0 Å². The fourth-order valence-corrected chi connectivity index (χ4v) is 5.96. The molecular weight excluding hydrogens is 552 g/mol. The molecule has 0 bridgehead atoms. The summed E-state index contributed by atoms with van der Waals surface area (Å²) in [5.74, 6) is -0.646. The van der Waals surface area contributed by atoms with Crippen molar-refractivity contribution in [2.75, 3.05) is 0 Å². The number of benzene rings is 1. The zero-order valence-corrected chi connectivity index (χ0v) is 24.5. The Kier molecular flexibility index (Phi) is 8.18. The molecule has 0 saturated carbocycles. The van der Waals surface area contributed by atoms with E-state index in [1.54, 1.807) is 0 Å². The lowest BCUT2D eigenvalue weighted by Gasteiger charge is -2.25. The summed E-state index contributed by atoms with van der Waals surface area (Å²) in [7, 11) is 0. The van der Waals surface area contributed by atoms with Gasteiger partial charge in [0.2, 0.25) is 0 Å². The third kappa shape index (κ3) is 6.12. The summed E-state index contributed by atoms with van der Waals surface area (Å²) in [6, 6.07) is 43.0. The molecule has 6 heteroatoms. The molecule has 0 aliphatic carbocycles. The topological polar surface area (TPSA) is 77.3 Å². The maximum absolute atomic E-state index is 4.82. The summed E-state index contributed by atoms with van der Waals surface area (Å²) < 4.78 is 0. The Morgan fingerprint density at radius 3 is 0.622 bits per heavy atom. The highest BCUT2D eigenvalue weighted by atomic mass is 14.8. The highest BCUT2D eigenvalue weighted by molar-refractivity contribution is 5.50. The molecule has 0 unspecified atom stereocenters. The van der Waals surface area contributed by atoms with Crippen LogP contribution in [0.2, 0.25) is 0 Å². The number of nitrogens with zero attached hydrogens (tertiary/aromatic N) is 6. The highest BCUT2D eigenvalue weighted by Gasteiger charge is 2.28. The molecule has 45 heavy (non-hydrogen) atoms. The fourth-order valence-electron chi connectivity index (χ4n) is 5.96. The van der Waals surface area contributed by atoms with Gasteiger partial charge in [-0.1, -0.05) is 54.6 Å². The van der Waals surface area contributed by atoms with Gasteiger partial charge in [-0.05, 0) is 89.5 Å². The van der Waals surface area contributed by atoms with Gasteiger partial charge in [0.15, 0.2) is 0 Å². The fraction of sp³-hybridized carbons (Fsp3) is 0.0769. The van der Waals surface area contributed by atoms with Crippen molar-refractivity contribution in [1.82, 2.24) is 29.9 Å². The van der Waals surface area contributed by atoms with Crippen molar-refractivity contribution >= 4 is 0 Å². The van der Waals surface area contributed by atoms with E-state index in [1.165, 1.54) is 0 Å². The lowest BCUT2D eigenvalue weighted by Crippen LogP contribution is -2.14. The molecule has 0 radical (unpaired) electrons. The van der Waals surface area contributed by atoms with Crippen molar-refractivity contribution in [3.05, 3.63) is 215 Å². The number of hydrogen-bond acceptors (Lipinski definition) is 6. The summed E-state index contributed by atoms with van der Waals surface area (Å²) in [6.07, 6.45) is 11.0. The van der Waals surface area contributed by atoms with Gasteiger partial charge in [-0.15, -0.1) is 0 Å². The lowest BCUT2D eigenvalue weighted by molar-refractivity contribution is 0.826. The Bertz CT molecular complexity index is 1580. The largest absolute Gasteiger partial charge is 0.260 e. The van der Waals surface area contributed by atoms with Crippen LogP contribution in [0.25, 0.3) is 0 Å². The first kappa shape index (κ1) is 27.9. The van der Waals surface area contributed by atoms with Crippen LogP contribution in [0.3, 0.4) is 0 Å². The van der Waals surface area contributed by atoms with Crippen molar-refractivity contribution in [1.29, 1.82) is 0 Å². The predicted octanol–water partition coefficient (Wildman–Crippen LogP) is 7.60. The van der Waals surface area contributed by atoms with Crippen LogP contribution in [0, 0.1) is 0 Å². The third-order valence-electron chi connectivity index (χ3n) is 7.90.